The summed E-state index contributed by atoms with van der Waals surface area (Å²) in [4.78, 5) is 18.2. The van der Waals surface area contributed by atoms with Gasteiger partial charge in [-0.05, 0) is 122 Å². The van der Waals surface area contributed by atoms with Gasteiger partial charge >= 0.3 is 0 Å². The van der Waals surface area contributed by atoms with Crippen molar-refractivity contribution in [2.24, 2.45) is 0 Å². The molecule has 0 unspecified atom stereocenters. The second kappa shape index (κ2) is 14.1. The maximum absolute atomic E-state index is 5.34. The van der Waals surface area contributed by atoms with Crippen molar-refractivity contribution < 1.29 is 0 Å². The summed E-state index contributed by atoms with van der Waals surface area (Å²) in [6.45, 7) is 19.0. The summed E-state index contributed by atoms with van der Waals surface area (Å²) in [7, 11) is 0. The maximum Gasteiger partial charge on any atom is 0.112 e. The van der Waals surface area contributed by atoms with Crippen LogP contribution in [0.1, 0.15) is 85.6 Å². The van der Waals surface area contributed by atoms with Crippen LogP contribution in [-0.2, 0) is 12.8 Å². The Balaban J connectivity index is 1.41. The summed E-state index contributed by atoms with van der Waals surface area (Å²) >= 11 is 0. The van der Waals surface area contributed by atoms with Gasteiger partial charge in [-0.15, -0.1) is 0 Å². The molecule has 3 aromatic rings. The maximum atomic E-state index is 5.34. The van der Waals surface area contributed by atoms with E-state index in [-0.39, 0.29) is 12.6 Å². The van der Waals surface area contributed by atoms with Gasteiger partial charge in [0.1, 0.15) is 12.6 Å². The van der Waals surface area contributed by atoms with E-state index in [4.69, 9.17) is 9.97 Å². The SMILES string of the molecule is CCc1c(C)c2cc3[nH]c(cc4nc(cc5nc(cc1[nH]2)C(C)=C5CCNC1NCCN1)C(CCNC1NCCN1)=C4C)c(C)c3CC. The van der Waals surface area contributed by atoms with E-state index in [0.717, 1.165) is 110 Å². The number of allylic oxidation sites excluding steroid dienone is 2. The molecular formula is C38H52N10. The van der Waals surface area contributed by atoms with E-state index in [1.165, 1.54) is 44.5 Å². The molecule has 0 saturated carbocycles. The molecule has 7 heterocycles. The van der Waals surface area contributed by atoms with Crippen molar-refractivity contribution in [1.82, 2.24) is 51.8 Å². The molecule has 8 bridgehead atoms. The monoisotopic (exact) mass is 648 g/mol. The molecule has 8 N–H and O–H groups in total. The second-order valence-electron chi connectivity index (χ2n) is 13.5. The normalized spacial score (nSPS) is 17.5. The van der Waals surface area contributed by atoms with E-state index in [2.05, 4.69) is 108 Å². The number of fused-ring (bicyclic) bond motifs is 8. The molecule has 0 atom stereocenters. The van der Waals surface area contributed by atoms with Crippen LogP contribution in [-0.4, -0.2) is 71.8 Å². The number of H-pyrrole nitrogens is 2. The van der Waals surface area contributed by atoms with Gasteiger partial charge in [-0.25, -0.2) is 9.97 Å². The van der Waals surface area contributed by atoms with Crippen molar-refractivity contribution in [3.8, 4) is 0 Å². The van der Waals surface area contributed by atoms with Crippen LogP contribution < -0.4 is 31.9 Å². The Morgan fingerprint density at radius 1 is 0.562 bits per heavy atom. The molecule has 0 aromatic carbocycles. The average Bonchev–Trinajstić information content (AvgIpc) is 3.93. The van der Waals surface area contributed by atoms with Gasteiger partial charge in [0.15, 0.2) is 0 Å². The van der Waals surface area contributed by atoms with E-state index in [0.29, 0.717) is 0 Å². The lowest BCUT2D eigenvalue weighted by atomic mass is 9.99. The van der Waals surface area contributed by atoms with Crippen molar-refractivity contribution in [2.75, 3.05) is 39.3 Å². The quantitative estimate of drug-likeness (QED) is 0.157. The number of rotatable bonds is 10. The number of hydrogen-bond donors (Lipinski definition) is 8. The van der Waals surface area contributed by atoms with E-state index in [1.54, 1.807) is 0 Å². The molecular weight excluding hydrogens is 596 g/mol. The summed E-state index contributed by atoms with van der Waals surface area (Å²) in [6.07, 6.45) is 3.95. The van der Waals surface area contributed by atoms with Crippen LogP contribution in [0.5, 0.6) is 0 Å². The minimum absolute atomic E-state index is 0.148. The number of aromatic amines is 2. The first-order valence-electron chi connectivity index (χ1n) is 17.9. The molecule has 7 rings (SSSR count). The Morgan fingerprint density at radius 2 is 0.979 bits per heavy atom. The van der Waals surface area contributed by atoms with Gasteiger partial charge < -0.3 is 9.97 Å². The molecule has 2 fully saturated rings. The van der Waals surface area contributed by atoms with Crippen molar-refractivity contribution in [1.29, 1.82) is 0 Å². The Kier molecular flexibility index (Phi) is 9.64. The first kappa shape index (κ1) is 32.9. The summed E-state index contributed by atoms with van der Waals surface area (Å²) in [5, 5.41) is 21.1. The molecule has 0 amide bonds. The van der Waals surface area contributed by atoms with Gasteiger partial charge in [-0.3, -0.25) is 31.9 Å². The van der Waals surface area contributed by atoms with E-state index in [1.807, 2.05) is 0 Å². The summed E-state index contributed by atoms with van der Waals surface area (Å²) in [6, 6.07) is 9.06. The Morgan fingerprint density at radius 3 is 1.44 bits per heavy atom. The lowest BCUT2D eigenvalue weighted by Crippen LogP contribution is -2.45. The van der Waals surface area contributed by atoms with Gasteiger partial charge in [0.05, 0.1) is 22.8 Å². The van der Waals surface area contributed by atoms with Crippen LogP contribution in [0.2, 0.25) is 0 Å². The lowest BCUT2D eigenvalue weighted by Gasteiger charge is -2.14. The minimum Gasteiger partial charge on any atom is -0.355 e. The fourth-order valence-electron chi connectivity index (χ4n) is 7.74. The molecule has 10 nitrogen and oxygen atoms in total. The minimum atomic E-state index is 0.148. The largest absolute Gasteiger partial charge is 0.355 e. The predicted octanol–water partition coefficient (Wildman–Crippen LogP) is 4.83. The van der Waals surface area contributed by atoms with Crippen molar-refractivity contribution in [2.45, 2.75) is 79.8 Å². The Hall–Kier alpha value is -3.64. The molecule has 254 valence electrons. The van der Waals surface area contributed by atoms with Gasteiger partial charge in [-0.1, -0.05) is 13.8 Å². The molecule has 4 aliphatic rings. The number of aromatic nitrogens is 4. The van der Waals surface area contributed by atoms with Crippen LogP contribution in [0.4, 0.5) is 0 Å². The highest BCUT2D eigenvalue weighted by Crippen LogP contribution is 2.37. The van der Waals surface area contributed by atoms with Gasteiger partial charge in [0.2, 0.25) is 0 Å². The molecule has 48 heavy (non-hydrogen) atoms. The zero-order valence-electron chi connectivity index (χ0n) is 29.4. The third-order valence-corrected chi connectivity index (χ3v) is 10.6. The Labute approximate surface area is 284 Å². The zero-order valence-corrected chi connectivity index (χ0v) is 29.4. The van der Waals surface area contributed by atoms with Gasteiger partial charge in [0.25, 0.3) is 0 Å². The van der Waals surface area contributed by atoms with Crippen LogP contribution in [0.3, 0.4) is 0 Å². The highest BCUT2D eigenvalue weighted by atomic mass is 15.3. The third-order valence-electron chi connectivity index (χ3n) is 10.6. The molecule has 0 spiro atoms. The van der Waals surface area contributed by atoms with Gasteiger partial charge in [0, 0.05) is 61.3 Å². The van der Waals surface area contributed by atoms with Crippen molar-refractivity contribution >= 4 is 44.4 Å². The second-order valence-corrected chi connectivity index (χ2v) is 13.5. The summed E-state index contributed by atoms with van der Waals surface area (Å²) in [5.41, 5.74) is 18.9. The topological polar surface area (TPSA) is 130 Å². The fraction of sp³-hybridized carbons (Fsp3) is 0.474. The molecule has 10 heteroatoms. The molecule has 3 aromatic heterocycles. The first-order valence-corrected chi connectivity index (χ1v) is 17.9. The van der Waals surface area contributed by atoms with E-state index in [9.17, 15) is 0 Å². The fourth-order valence-corrected chi connectivity index (χ4v) is 7.74. The Bertz CT molecular complexity index is 1910. The molecule has 0 aliphatic carbocycles. The first-order chi connectivity index (χ1) is 23.3. The van der Waals surface area contributed by atoms with Crippen molar-refractivity contribution in [3.05, 3.63) is 69.3 Å². The van der Waals surface area contributed by atoms with Crippen molar-refractivity contribution in [3.63, 3.8) is 0 Å². The zero-order chi connectivity index (χ0) is 33.4. The highest BCUT2D eigenvalue weighted by Gasteiger charge is 2.23. The number of nitrogens with zero attached hydrogens (tertiary/aromatic N) is 2. The van der Waals surface area contributed by atoms with Crippen LogP contribution in [0, 0.1) is 13.8 Å². The summed E-state index contributed by atoms with van der Waals surface area (Å²) in [5.74, 6) is 0. The standard InChI is InChI=1S/C38H52N10/c1-7-25-21(3)29-17-30-23(5)27(9-11-39-37-41-13-14-42-37)35(47-30)20-36-28(10-12-40-38-43-15-16-44-38)24(6)32(48-36)19-34-26(8-2)22(4)31(46-34)18-33(25)45-29/h17-20,37-46H,7-16H2,1-6H3. The smallest absolute Gasteiger partial charge is 0.112 e. The average molecular weight is 649 g/mol. The highest BCUT2D eigenvalue weighted by molar-refractivity contribution is 5.95. The third kappa shape index (κ3) is 6.41. The van der Waals surface area contributed by atoms with Crippen LogP contribution in [0.25, 0.3) is 44.4 Å². The number of nitrogens with one attached hydrogen (secondary N) is 8. The summed E-state index contributed by atoms with van der Waals surface area (Å²) < 4.78 is 0. The molecule has 0 radical (unpaired) electrons. The molecule has 2 saturated heterocycles. The predicted molar refractivity (Wildman–Crippen MR) is 199 cm³/mol. The van der Waals surface area contributed by atoms with Crippen LogP contribution in [0.15, 0.2) is 24.3 Å². The van der Waals surface area contributed by atoms with E-state index < -0.39 is 0 Å². The van der Waals surface area contributed by atoms with E-state index >= 15 is 0 Å². The lowest BCUT2D eigenvalue weighted by molar-refractivity contribution is 0.451. The van der Waals surface area contributed by atoms with Crippen LogP contribution >= 0.6 is 0 Å². The number of hydrogen-bond acceptors (Lipinski definition) is 8. The molecule has 4 aliphatic heterocycles. The number of aryl methyl sites for hydroxylation is 4. The van der Waals surface area contributed by atoms with Gasteiger partial charge in [-0.2, -0.15) is 0 Å².